The Kier molecular flexibility index (Phi) is 4.96. The molecular formula is C22H31N3. The van der Waals surface area contributed by atoms with Crippen LogP contribution in [0, 0.1) is 29.6 Å². The molecule has 0 fully saturated rings. The highest BCUT2D eigenvalue weighted by Crippen LogP contribution is 2.42. The third kappa shape index (κ3) is 3.40. The van der Waals surface area contributed by atoms with Gasteiger partial charge in [-0.05, 0) is 55.8 Å². The molecule has 1 aliphatic heterocycles. The molecule has 0 radical (unpaired) electrons. The standard InChI is InChI=1S/C22H31N3/c23-22(24)21-18(16-7-2-1-3-8-16)13-14-20(25-21)19-12-6-10-15-9-4-5-11-17(15)19/h1-3,5-7,10-11,14-19,21-22,25H,4,8-9,12-13,23-24H2. The fraction of sp³-hybridized carbons (Fsp3) is 0.545. The van der Waals surface area contributed by atoms with E-state index >= 15 is 0 Å². The van der Waals surface area contributed by atoms with Gasteiger partial charge in [0, 0.05) is 11.6 Å². The summed E-state index contributed by atoms with van der Waals surface area (Å²) in [7, 11) is 0. The molecule has 0 spiro atoms. The molecule has 3 aliphatic carbocycles. The topological polar surface area (TPSA) is 64.1 Å². The van der Waals surface area contributed by atoms with Crippen LogP contribution in [0.2, 0.25) is 0 Å². The summed E-state index contributed by atoms with van der Waals surface area (Å²) in [6, 6.07) is 0.151. The van der Waals surface area contributed by atoms with E-state index in [0.717, 1.165) is 19.3 Å². The lowest BCUT2D eigenvalue weighted by Gasteiger charge is -2.44. The van der Waals surface area contributed by atoms with Crippen LogP contribution in [-0.2, 0) is 0 Å². The predicted molar refractivity (Wildman–Crippen MR) is 104 cm³/mol. The van der Waals surface area contributed by atoms with E-state index in [1.54, 1.807) is 0 Å². The van der Waals surface area contributed by atoms with Gasteiger partial charge in [-0.3, -0.25) is 0 Å². The van der Waals surface area contributed by atoms with Gasteiger partial charge in [-0.2, -0.15) is 0 Å². The molecule has 0 aromatic heterocycles. The largest absolute Gasteiger partial charge is 0.382 e. The third-order valence-corrected chi connectivity index (χ3v) is 6.54. The molecule has 0 bridgehead atoms. The zero-order chi connectivity index (χ0) is 17.2. The lowest BCUT2D eigenvalue weighted by Crippen LogP contribution is -2.58. The van der Waals surface area contributed by atoms with Crippen molar-refractivity contribution in [3.63, 3.8) is 0 Å². The summed E-state index contributed by atoms with van der Waals surface area (Å²) < 4.78 is 0. The Morgan fingerprint density at radius 1 is 0.920 bits per heavy atom. The molecule has 3 heteroatoms. The molecule has 0 aromatic rings. The van der Waals surface area contributed by atoms with Crippen LogP contribution in [0.15, 0.2) is 60.4 Å². The average Bonchev–Trinajstić information content (AvgIpc) is 2.68. The van der Waals surface area contributed by atoms with Gasteiger partial charge < -0.3 is 16.8 Å². The second kappa shape index (κ2) is 7.35. The first-order valence-corrected chi connectivity index (χ1v) is 9.88. The Hall–Kier alpha value is -1.58. The van der Waals surface area contributed by atoms with E-state index in [-0.39, 0.29) is 12.2 Å². The molecule has 0 saturated carbocycles. The van der Waals surface area contributed by atoms with Crippen molar-refractivity contribution in [3.8, 4) is 0 Å². The van der Waals surface area contributed by atoms with Gasteiger partial charge in [-0.15, -0.1) is 0 Å². The third-order valence-electron chi connectivity index (χ3n) is 6.54. The SMILES string of the molecule is NC(N)C1NC(C2CC=CC3CCC=CC32)=CCC1C1C=CC=CC1. The van der Waals surface area contributed by atoms with E-state index in [1.165, 1.54) is 18.5 Å². The van der Waals surface area contributed by atoms with Gasteiger partial charge in [-0.25, -0.2) is 0 Å². The van der Waals surface area contributed by atoms with Crippen molar-refractivity contribution >= 4 is 0 Å². The normalized spacial score (nSPS) is 39.9. The number of hydrogen-bond acceptors (Lipinski definition) is 3. The number of rotatable bonds is 3. The monoisotopic (exact) mass is 337 g/mol. The van der Waals surface area contributed by atoms with E-state index in [0.29, 0.717) is 29.6 Å². The zero-order valence-corrected chi connectivity index (χ0v) is 14.9. The summed E-state index contributed by atoms with van der Waals surface area (Å²) in [5, 5.41) is 3.79. The highest BCUT2D eigenvalue weighted by Gasteiger charge is 2.38. The van der Waals surface area contributed by atoms with Crippen LogP contribution >= 0.6 is 0 Å². The molecule has 1 heterocycles. The molecule has 0 aromatic carbocycles. The zero-order valence-electron chi connectivity index (χ0n) is 14.9. The second-order valence-electron chi connectivity index (χ2n) is 8.04. The Balaban J connectivity index is 1.55. The molecule has 5 N–H and O–H groups in total. The van der Waals surface area contributed by atoms with Gasteiger partial charge >= 0.3 is 0 Å². The fourth-order valence-corrected chi connectivity index (χ4v) is 5.19. The van der Waals surface area contributed by atoms with Crippen LogP contribution in [0.1, 0.15) is 32.1 Å². The first-order chi connectivity index (χ1) is 12.2. The lowest BCUT2D eigenvalue weighted by molar-refractivity contribution is 0.225. The van der Waals surface area contributed by atoms with E-state index in [9.17, 15) is 0 Å². The highest BCUT2D eigenvalue weighted by molar-refractivity contribution is 5.23. The summed E-state index contributed by atoms with van der Waals surface area (Å²) in [5.41, 5.74) is 13.8. The maximum atomic E-state index is 6.21. The summed E-state index contributed by atoms with van der Waals surface area (Å²) >= 11 is 0. The minimum Gasteiger partial charge on any atom is -0.382 e. The molecule has 0 amide bonds. The summed E-state index contributed by atoms with van der Waals surface area (Å²) in [5.74, 6) is 2.88. The van der Waals surface area contributed by atoms with Crippen molar-refractivity contribution in [2.45, 2.75) is 44.3 Å². The first kappa shape index (κ1) is 16.9. The fourth-order valence-electron chi connectivity index (χ4n) is 5.19. The van der Waals surface area contributed by atoms with E-state index in [4.69, 9.17) is 11.5 Å². The first-order valence-electron chi connectivity index (χ1n) is 9.88. The van der Waals surface area contributed by atoms with Gasteiger partial charge in [0.15, 0.2) is 0 Å². The van der Waals surface area contributed by atoms with Gasteiger partial charge in [0.1, 0.15) is 0 Å². The molecule has 4 aliphatic rings. The minimum absolute atomic E-state index is 0.151. The minimum atomic E-state index is -0.329. The molecule has 3 nitrogen and oxygen atoms in total. The number of hydrogen-bond donors (Lipinski definition) is 3. The van der Waals surface area contributed by atoms with Crippen molar-refractivity contribution in [3.05, 3.63) is 60.4 Å². The molecule has 25 heavy (non-hydrogen) atoms. The molecule has 6 unspecified atom stereocenters. The van der Waals surface area contributed by atoms with Crippen molar-refractivity contribution < 1.29 is 0 Å². The molecule has 4 rings (SSSR count). The second-order valence-corrected chi connectivity index (χ2v) is 8.04. The summed E-state index contributed by atoms with van der Waals surface area (Å²) in [6.45, 7) is 0. The Morgan fingerprint density at radius 2 is 1.84 bits per heavy atom. The van der Waals surface area contributed by atoms with E-state index in [1.807, 2.05) is 0 Å². The maximum absolute atomic E-state index is 6.21. The van der Waals surface area contributed by atoms with Gasteiger partial charge in [-0.1, -0.05) is 54.7 Å². The van der Waals surface area contributed by atoms with Gasteiger partial charge in [0.2, 0.25) is 0 Å². The Labute approximate surface area is 151 Å². The summed E-state index contributed by atoms with van der Waals surface area (Å²) in [6.07, 6.45) is 26.4. The van der Waals surface area contributed by atoms with E-state index < -0.39 is 0 Å². The predicted octanol–water partition coefficient (Wildman–Crippen LogP) is 3.38. The van der Waals surface area contributed by atoms with Crippen LogP contribution < -0.4 is 16.8 Å². The van der Waals surface area contributed by atoms with Crippen molar-refractivity contribution in [1.29, 1.82) is 0 Å². The van der Waals surface area contributed by atoms with Crippen molar-refractivity contribution in [2.75, 3.05) is 0 Å². The lowest BCUT2D eigenvalue weighted by atomic mass is 9.68. The van der Waals surface area contributed by atoms with Crippen molar-refractivity contribution in [2.24, 2.45) is 41.1 Å². The van der Waals surface area contributed by atoms with Crippen LogP contribution in [0.5, 0.6) is 0 Å². The summed E-state index contributed by atoms with van der Waals surface area (Å²) in [4.78, 5) is 0. The van der Waals surface area contributed by atoms with Crippen LogP contribution in [0.4, 0.5) is 0 Å². The number of allylic oxidation sites excluding steroid dienone is 10. The van der Waals surface area contributed by atoms with Gasteiger partial charge in [0.25, 0.3) is 0 Å². The maximum Gasteiger partial charge on any atom is 0.0732 e. The highest BCUT2D eigenvalue weighted by atomic mass is 15.0. The quantitative estimate of drug-likeness (QED) is 0.546. The number of nitrogens with two attached hydrogens (primary N) is 2. The molecule has 134 valence electrons. The average molecular weight is 338 g/mol. The van der Waals surface area contributed by atoms with Crippen LogP contribution in [-0.4, -0.2) is 12.2 Å². The van der Waals surface area contributed by atoms with Gasteiger partial charge in [0.05, 0.1) is 12.2 Å². The smallest absolute Gasteiger partial charge is 0.0732 e. The molecular weight excluding hydrogens is 306 g/mol. The van der Waals surface area contributed by atoms with Crippen molar-refractivity contribution in [1.82, 2.24) is 5.32 Å². The Morgan fingerprint density at radius 3 is 2.64 bits per heavy atom. The van der Waals surface area contributed by atoms with E-state index in [2.05, 4.69) is 60.0 Å². The molecule has 6 atom stereocenters. The van der Waals surface area contributed by atoms with Crippen LogP contribution in [0.25, 0.3) is 0 Å². The molecule has 0 saturated heterocycles. The Bertz CT molecular complexity index is 625. The van der Waals surface area contributed by atoms with Crippen LogP contribution in [0.3, 0.4) is 0 Å². The number of nitrogens with one attached hydrogen (secondary N) is 1. The number of fused-ring (bicyclic) bond motifs is 1.